The van der Waals surface area contributed by atoms with Gasteiger partial charge in [0.15, 0.2) is 0 Å². The number of allylic oxidation sites excluding steroid dienone is 2. The maximum Gasteiger partial charge on any atom is 0.0913 e. The van der Waals surface area contributed by atoms with Crippen LogP contribution < -0.4 is 0 Å². The van der Waals surface area contributed by atoms with E-state index in [4.69, 9.17) is 0 Å². The fourth-order valence-electron chi connectivity index (χ4n) is 2.03. The zero-order valence-electron chi connectivity index (χ0n) is 10.8. The smallest absolute Gasteiger partial charge is 0.0913 e. The molecule has 1 aliphatic carbocycles. The average molecular weight is 228 g/mol. The predicted molar refractivity (Wildman–Crippen MR) is 72.6 cm³/mol. The molecule has 0 amide bonds. The first-order valence-corrected chi connectivity index (χ1v) is 6.10. The fraction of sp³-hybridized carbons (Fsp3) is 0.375. The van der Waals surface area contributed by atoms with Crippen molar-refractivity contribution in [3.05, 3.63) is 54.1 Å². The van der Waals surface area contributed by atoms with Crippen molar-refractivity contribution in [2.24, 2.45) is 5.41 Å². The minimum absolute atomic E-state index is 0.137. The lowest BCUT2D eigenvalue weighted by Gasteiger charge is -2.39. The first-order valence-electron chi connectivity index (χ1n) is 6.10. The molecular formula is C16H20O. The SMILES string of the molecule is CC(C)(C)C1(O)C=CC(c2ccccc2)=CC1. The summed E-state index contributed by atoms with van der Waals surface area (Å²) >= 11 is 0. The highest BCUT2D eigenvalue weighted by atomic mass is 16.3. The predicted octanol–water partition coefficient (Wildman–Crippen LogP) is 3.81. The molecule has 1 aliphatic rings. The Labute approximate surface area is 103 Å². The van der Waals surface area contributed by atoms with E-state index in [0.717, 1.165) is 0 Å². The second-order valence-electron chi connectivity index (χ2n) is 5.74. The van der Waals surface area contributed by atoms with Gasteiger partial charge in [0.05, 0.1) is 5.60 Å². The van der Waals surface area contributed by atoms with Crippen molar-refractivity contribution in [1.29, 1.82) is 0 Å². The quantitative estimate of drug-likeness (QED) is 0.775. The van der Waals surface area contributed by atoms with Gasteiger partial charge in [0, 0.05) is 0 Å². The Bertz CT molecular complexity index is 448. The highest BCUT2D eigenvalue weighted by Crippen LogP contribution is 2.38. The van der Waals surface area contributed by atoms with Gasteiger partial charge in [-0.15, -0.1) is 0 Å². The van der Waals surface area contributed by atoms with Crippen LogP contribution in [0.5, 0.6) is 0 Å². The van der Waals surface area contributed by atoms with E-state index in [9.17, 15) is 5.11 Å². The van der Waals surface area contributed by atoms with Gasteiger partial charge in [-0.3, -0.25) is 0 Å². The maximum atomic E-state index is 10.5. The van der Waals surface area contributed by atoms with Crippen molar-refractivity contribution in [3.8, 4) is 0 Å². The number of hydrogen-bond donors (Lipinski definition) is 1. The minimum atomic E-state index is -0.731. The average Bonchev–Trinajstić information content (AvgIpc) is 2.30. The number of hydrogen-bond acceptors (Lipinski definition) is 1. The molecule has 0 saturated heterocycles. The van der Waals surface area contributed by atoms with E-state index in [1.165, 1.54) is 11.1 Å². The summed E-state index contributed by atoms with van der Waals surface area (Å²) in [4.78, 5) is 0. The molecule has 17 heavy (non-hydrogen) atoms. The van der Waals surface area contributed by atoms with Crippen LogP contribution in [-0.4, -0.2) is 10.7 Å². The molecule has 90 valence electrons. The molecule has 0 aliphatic heterocycles. The van der Waals surface area contributed by atoms with Crippen LogP contribution in [0.1, 0.15) is 32.8 Å². The van der Waals surface area contributed by atoms with Crippen molar-refractivity contribution >= 4 is 5.57 Å². The molecule has 0 heterocycles. The molecule has 0 aromatic heterocycles. The van der Waals surface area contributed by atoms with E-state index in [1.807, 2.05) is 30.4 Å². The fourth-order valence-corrected chi connectivity index (χ4v) is 2.03. The molecule has 1 nitrogen and oxygen atoms in total. The molecule has 1 unspecified atom stereocenters. The Morgan fingerprint density at radius 2 is 1.76 bits per heavy atom. The largest absolute Gasteiger partial charge is 0.385 e. The molecule has 1 aromatic carbocycles. The third-order valence-electron chi connectivity index (χ3n) is 3.58. The van der Waals surface area contributed by atoms with Crippen LogP contribution in [0.4, 0.5) is 0 Å². The molecule has 2 rings (SSSR count). The highest BCUT2D eigenvalue weighted by Gasteiger charge is 2.37. The van der Waals surface area contributed by atoms with E-state index in [2.05, 4.69) is 39.0 Å². The van der Waals surface area contributed by atoms with E-state index in [-0.39, 0.29) is 5.41 Å². The van der Waals surface area contributed by atoms with E-state index < -0.39 is 5.60 Å². The van der Waals surface area contributed by atoms with Crippen LogP contribution in [0.2, 0.25) is 0 Å². The normalized spacial score (nSPS) is 24.6. The van der Waals surface area contributed by atoms with Gasteiger partial charge in [-0.1, -0.05) is 69.3 Å². The molecule has 1 N–H and O–H groups in total. The maximum absolute atomic E-state index is 10.5. The summed E-state index contributed by atoms with van der Waals surface area (Å²) in [6.45, 7) is 6.20. The standard InChI is InChI=1S/C16H20O/c1-15(2,3)16(17)11-9-14(10-12-16)13-7-5-4-6-8-13/h4-11,17H,12H2,1-3H3. The van der Waals surface area contributed by atoms with Gasteiger partial charge in [-0.05, 0) is 23.0 Å². The Balaban J connectivity index is 2.23. The van der Waals surface area contributed by atoms with Crippen LogP contribution >= 0.6 is 0 Å². The summed E-state index contributed by atoms with van der Waals surface area (Å²) in [5.41, 5.74) is 1.53. The molecule has 1 atom stereocenters. The van der Waals surface area contributed by atoms with Crippen LogP contribution in [0.15, 0.2) is 48.6 Å². The Morgan fingerprint density at radius 1 is 1.12 bits per heavy atom. The lowest BCUT2D eigenvalue weighted by molar-refractivity contribution is -0.0115. The highest BCUT2D eigenvalue weighted by molar-refractivity contribution is 5.75. The third-order valence-corrected chi connectivity index (χ3v) is 3.58. The Hall–Kier alpha value is -1.34. The van der Waals surface area contributed by atoms with Crippen molar-refractivity contribution in [2.45, 2.75) is 32.8 Å². The second kappa shape index (κ2) is 4.15. The first-order chi connectivity index (χ1) is 7.92. The molecule has 0 saturated carbocycles. The molecule has 1 heteroatoms. The monoisotopic (exact) mass is 228 g/mol. The zero-order chi connectivity index (χ0) is 12.5. The minimum Gasteiger partial charge on any atom is -0.385 e. The van der Waals surface area contributed by atoms with Gasteiger partial charge in [0.25, 0.3) is 0 Å². The molecule has 0 fully saturated rings. The number of rotatable bonds is 1. The van der Waals surface area contributed by atoms with Crippen LogP contribution in [0.3, 0.4) is 0 Å². The first kappa shape index (κ1) is 12.1. The van der Waals surface area contributed by atoms with Gasteiger partial charge < -0.3 is 5.11 Å². The van der Waals surface area contributed by atoms with Crippen LogP contribution in [0.25, 0.3) is 5.57 Å². The third kappa shape index (κ3) is 2.34. The number of aliphatic hydroxyl groups is 1. The van der Waals surface area contributed by atoms with E-state index in [0.29, 0.717) is 6.42 Å². The summed E-state index contributed by atoms with van der Waals surface area (Å²) in [6.07, 6.45) is 6.78. The van der Waals surface area contributed by atoms with Gasteiger partial charge in [-0.25, -0.2) is 0 Å². The van der Waals surface area contributed by atoms with Gasteiger partial charge in [0.1, 0.15) is 0 Å². The lowest BCUT2D eigenvalue weighted by Crippen LogP contribution is -2.41. The second-order valence-corrected chi connectivity index (χ2v) is 5.74. The summed E-state index contributed by atoms with van der Waals surface area (Å²) in [5, 5.41) is 10.5. The van der Waals surface area contributed by atoms with E-state index >= 15 is 0 Å². The van der Waals surface area contributed by atoms with Gasteiger partial charge in [0.2, 0.25) is 0 Å². The Morgan fingerprint density at radius 3 is 2.24 bits per heavy atom. The lowest BCUT2D eigenvalue weighted by atomic mass is 9.72. The van der Waals surface area contributed by atoms with Crippen LogP contribution in [0, 0.1) is 5.41 Å². The number of benzene rings is 1. The Kier molecular flexibility index (Phi) is 2.96. The molecule has 0 bridgehead atoms. The van der Waals surface area contributed by atoms with E-state index in [1.54, 1.807) is 0 Å². The molecule has 0 spiro atoms. The van der Waals surface area contributed by atoms with Gasteiger partial charge >= 0.3 is 0 Å². The van der Waals surface area contributed by atoms with Crippen molar-refractivity contribution in [2.75, 3.05) is 0 Å². The molecular weight excluding hydrogens is 208 g/mol. The molecule has 1 aromatic rings. The summed E-state index contributed by atoms with van der Waals surface area (Å²) < 4.78 is 0. The zero-order valence-corrected chi connectivity index (χ0v) is 10.8. The van der Waals surface area contributed by atoms with Crippen molar-refractivity contribution in [3.63, 3.8) is 0 Å². The van der Waals surface area contributed by atoms with Crippen LogP contribution in [-0.2, 0) is 0 Å². The van der Waals surface area contributed by atoms with Gasteiger partial charge in [-0.2, -0.15) is 0 Å². The topological polar surface area (TPSA) is 20.2 Å². The van der Waals surface area contributed by atoms with Crippen molar-refractivity contribution < 1.29 is 5.11 Å². The van der Waals surface area contributed by atoms with Crippen molar-refractivity contribution in [1.82, 2.24) is 0 Å². The summed E-state index contributed by atoms with van der Waals surface area (Å²) in [5.74, 6) is 0. The molecule has 0 radical (unpaired) electrons. The summed E-state index contributed by atoms with van der Waals surface area (Å²) in [6, 6.07) is 10.3. The summed E-state index contributed by atoms with van der Waals surface area (Å²) in [7, 11) is 0.